The molecule has 16 heavy (non-hydrogen) atoms. The van der Waals surface area contributed by atoms with Crippen molar-refractivity contribution in [1.29, 1.82) is 0 Å². The SMILES string of the molecule is COc1ncccc1NC(C)CS(C)(=O)=O. The third-order valence-corrected chi connectivity index (χ3v) is 3.02. The van der Waals surface area contributed by atoms with Gasteiger partial charge in [0.1, 0.15) is 9.84 Å². The fraction of sp³-hybridized carbons (Fsp3) is 0.500. The van der Waals surface area contributed by atoms with E-state index in [1.807, 2.05) is 0 Å². The van der Waals surface area contributed by atoms with Crippen LogP contribution >= 0.6 is 0 Å². The number of aromatic nitrogens is 1. The fourth-order valence-corrected chi connectivity index (χ4v) is 2.42. The van der Waals surface area contributed by atoms with Crippen molar-refractivity contribution in [2.45, 2.75) is 13.0 Å². The molecular formula is C10H16N2O3S. The number of anilines is 1. The standard InChI is InChI=1S/C10H16N2O3S/c1-8(7-16(3,13)14)12-9-5-4-6-11-10(9)15-2/h4-6,8,12H,7H2,1-3H3. The van der Waals surface area contributed by atoms with E-state index >= 15 is 0 Å². The van der Waals surface area contributed by atoms with Gasteiger partial charge in [0.05, 0.1) is 18.6 Å². The van der Waals surface area contributed by atoms with Crippen LogP contribution in [0, 0.1) is 0 Å². The average Bonchev–Trinajstić information content (AvgIpc) is 2.15. The highest BCUT2D eigenvalue weighted by atomic mass is 32.2. The van der Waals surface area contributed by atoms with Crippen LogP contribution < -0.4 is 10.1 Å². The third-order valence-electron chi connectivity index (χ3n) is 1.92. The number of methoxy groups -OCH3 is 1. The fourth-order valence-electron chi connectivity index (χ4n) is 1.42. The summed E-state index contributed by atoms with van der Waals surface area (Å²) in [5.41, 5.74) is 0.696. The predicted molar refractivity (Wildman–Crippen MR) is 63.6 cm³/mol. The largest absolute Gasteiger partial charge is 0.480 e. The summed E-state index contributed by atoms with van der Waals surface area (Å²) < 4.78 is 27.3. The molecule has 0 fully saturated rings. The first-order chi connectivity index (χ1) is 7.42. The molecule has 1 N–H and O–H groups in total. The first-order valence-corrected chi connectivity index (χ1v) is 6.91. The normalized spacial score (nSPS) is 13.2. The zero-order chi connectivity index (χ0) is 12.2. The molecule has 1 unspecified atom stereocenters. The molecule has 1 heterocycles. The van der Waals surface area contributed by atoms with E-state index in [0.717, 1.165) is 0 Å². The quantitative estimate of drug-likeness (QED) is 0.834. The van der Waals surface area contributed by atoms with E-state index in [9.17, 15) is 8.42 Å². The second kappa shape index (κ2) is 5.16. The summed E-state index contributed by atoms with van der Waals surface area (Å²) in [5.74, 6) is 0.535. The minimum absolute atomic E-state index is 0.0745. The second-order valence-corrected chi connectivity index (χ2v) is 5.88. The molecule has 0 aliphatic rings. The molecule has 0 aromatic carbocycles. The molecule has 0 aliphatic heterocycles. The van der Waals surface area contributed by atoms with Crippen LogP contribution in [-0.4, -0.2) is 38.6 Å². The number of nitrogens with zero attached hydrogens (tertiary/aromatic N) is 1. The van der Waals surface area contributed by atoms with Crippen LogP contribution in [-0.2, 0) is 9.84 Å². The van der Waals surface area contributed by atoms with Crippen molar-refractivity contribution >= 4 is 15.5 Å². The molecule has 6 heteroatoms. The Morgan fingerprint density at radius 3 is 2.81 bits per heavy atom. The highest BCUT2D eigenvalue weighted by Crippen LogP contribution is 2.20. The molecule has 1 aromatic rings. The van der Waals surface area contributed by atoms with Crippen molar-refractivity contribution in [2.75, 3.05) is 24.4 Å². The molecule has 0 spiro atoms. The summed E-state index contributed by atoms with van der Waals surface area (Å²) in [6.45, 7) is 1.80. The Hall–Kier alpha value is -1.30. The zero-order valence-electron chi connectivity index (χ0n) is 9.60. The highest BCUT2D eigenvalue weighted by Gasteiger charge is 2.12. The van der Waals surface area contributed by atoms with Gasteiger partial charge in [-0.2, -0.15) is 0 Å². The number of hydrogen-bond donors (Lipinski definition) is 1. The molecule has 0 saturated heterocycles. The Bertz CT molecular complexity index is 445. The van der Waals surface area contributed by atoms with Gasteiger partial charge in [0.25, 0.3) is 0 Å². The number of hydrogen-bond acceptors (Lipinski definition) is 5. The number of sulfone groups is 1. The van der Waals surface area contributed by atoms with Gasteiger partial charge < -0.3 is 10.1 Å². The van der Waals surface area contributed by atoms with Crippen LogP contribution in [0.4, 0.5) is 5.69 Å². The molecule has 1 atom stereocenters. The van der Waals surface area contributed by atoms with Crippen LogP contribution in [0.2, 0.25) is 0 Å². The first-order valence-electron chi connectivity index (χ1n) is 4.85. The minimum Gasteiger partial charge on any atom is -0.480 e. The Labute approximate surface area is 95.8 Å². The van der Waals surface area contributed by atoms with Crippen LogP contribution in [0.25, 0.3) is 0 Å². The molecule has 1 rings (SSSR count). The number of pyridine rings is 1. The Balaban J connectivity index is 2.73. The van der Waals surface area contributed by atoms with Crippen molar-refractivity contribution in [3.63, 3.8) is 0 Å². The van der Waals surface area contributed by atoms with Gasteiger partial charge in [-0.1, -0.05) is 0 Å². The summed E-state index contributed by atoms with van der Waals surface area (Å²) in [6.07, 6.45) is 2.83. The van der Waals surface area contributed by atoms with Crippen LogP contribution in [0.5, 0.6) is 5.88 Å². The summed E-state index contributed by atoms with van der Waals surface area (Å²) in [6, 6.07) is 3.37. The van der Waals surface area contributed by atoms with Gasteiger partial charge in [0.2, 0.25) is 5.88 Å². The lowest BCUT2D eigenvalue weighted by Crippen LogP contribution is -2.25. The molecule has 0 radical (unpaired) electrons. The number of nitrogens with one attached hydrogen (secondary N) is 1. The summed E-state index contributed by atoms with van der Waals surface area (Å²) >= 11 is 0. The maximum atomic E-state index is 11.1. The van der Waals surface area contributed by atoms with E-state index in [1.165, 1.54) is 13.4 Å². The van der Waals surface area contributed by atoms with Gasteiger partial charge in [-0.15, -0.1) is 0 Å². The van der Waals surface area contributed by atoms with Gasteiger partial charge in [-0.3, -0.25) is 0 Å². The molecule has 0 bridgehead atoms. The Morgan fingerprint density at radius 2 is 2.25 bits per heavy atom. The minimum atomic E-state index is -2.99. The lowest BCUT2D eigenvalue weighted by atomic mass is 10.3. The summed E-state index contributed by atoms with van der Waals surface area (Å²) in [4.78, 5) is 4.01. The lowest BCUT2D eigenvalue weighted by Gasteiger charge is -2.15. The molecular weight excluding hydrogens is 228 g/mol. The van der Waals surface area contributed by atoms with E-state index in [0.29, 0.717) is 11.6 Å². The van der Waals surface area contributed by atoms with Crippen molar-refractivity contribution in [2.24, 2.45) is 0 Å². The van der Waals surface area contributed by atoms with Gasteiger partial charge in [-0.25, -0.2) is 13.4 Å². The number of ether oxygens (including phenoxy) is 1. The second-order valence-electron chi connectivity index (χ2n) is 3.70. The van der Waals surface area contributed by atoms with E-state index in [-0.39, 0.29) is 11.8 Å². The molecule has 0 aliphatic carbocycles. The van der Waals surface area contributed by atoms with Gasteiger partial charge >= 0.3 is 0 Å². The highest BCUT2D eigenvalue weighted by molar-refractivity contribution is 7.90. The molecule has 1 aromatic heterocycles. The van der Waals surface area contributed by atoms with E-state index in [4.69, 9.17) is 4.74 Å². The van der Waals surface area contributed by atoms with E-state index in [2.05, 4.69) is 10.3 Å². The smallest absolute Gasteiger partial charge is 0.237 e. The van der Waals surface area contributed by atoms with Gasteiger partial charge in [0.15, 0.2) is 0 Å². The van der Waals surface area contributed by atoms with Crippen LogP contribution in [0.3, 0.4) is 0 Å². The monoisotopic (exact) mass is 244 g/mol. The molecule has 90 valence electrons. The average molecular weight is 244 g/mol. The molecule has 5 nitrogen and oxygen atoms in total. The topological polar surface area (TPSA) is 68.3 Å². The van der Waals surface area contributed by atoms with Crippen LogP contribution in [0.15, 0.2) is 18.3 Å². The van der Waals surface area contributed by atoms with E-state index < -0.39 is 9.84 Å². The maximum Gasteiger partial charge on any atom is 0.237 e. The number of rotatable bonds is 5. The van der Waals surface area contributed by atoms with Crippen molar-refractivity contribution in [3.8, 4) is 5.88 Å². The molecule has 0 amide bonds. The van der Waals surface area contributed by atoms with Crippen molar-refractivity contribution in [1.82, 2.24) is 4.98 Å². The van der Waals surface area contributed by atoms with E-state index in [1.54, 1.807) is 25.3 Å². The summed E-state index contributed by atoms with van der Waals surface area (Å²) in [7, 11) is -1.46. The van der Waals surface area contributed by atoms with Crippen molar-refractivity contribution < 1.29 is 13.2 Å². The van der Waals surface area contributed by atoms with Gasteiger partial charge in [0, 0.05) is 18.5 Å². The van der Waals surface area contributed by atoms with Crippen LogP contribution in [0.1, 0.15) is 6.92 Å². The molecule has 0 saturated carbocycles. The van der Waals surface area contributed by atoms with Gasteiger partial charge in [-0.05, 0) is 19.1 Å². The Kier molecular flexibility index (Phi) is 4.12. The maximum absolute atomic E-state index is 11.1. The third kappa shape index (κ3) is 4.06. The van der Waals surface area contributed by atoms with Crippen molar-refractivity contribution in [3.05, 3.63) is 18.3 Å². The Morgan fingerprint density at radius 1 is 1.56 bits per heavy atom. The lowest BCUT2D eigenvalue weighted by molar-refractivity contribution is 0.399. The predicted octanol–water partition coefficient (Wildman–Crippen LogP) is 0.935. The first kappa shape index (κ1) is 12.8. The summed E-state index contributed by atoms with van der Waals surface area (Å²) in [5, 5.41) is 3.05. The zero-order valence-corrected chi connectivity index (χ0v) is 10.4.